The number of carbonyl (C=O) groups is 2. The van der Waals surface area contributed by atoms with Crippen molar-refractivity contribution in [1.29, 1.82) is 0 Å². The first-order valence-corrected chi connectivity index (χ1v) is 11.7. The van der Waals surface area contributed by atoms with Crippen molar-refractivity contribution in [2.75, 3.05) is 28.6 Å². The zero-order chi connectivity index (χ0) is 23.5. The standard InChI is InChI=1S/C28H33N3O2/c1-3-5-19-31(20-6-4-2)26-17-15-25(16-18-26)30-28(33)22-11-13-24(14-12-22)29-27-10-8-7-9-23(27)21-32/h7-18,21,29H,3-6,19-20H2,1-2H3,(H,30,33). The van der Waals surface area contributed by atoms with Crippen molar-refractivity contribution >= 4 is 34.9 Å². The predicted octanol–water partition coefficient (Wildman–Crippen LogP) is 6.90. The number of hydrogen-bond donors (Lipinski definition) is 2. The average Bonchev–Trinajstić information content (AvgIpc) is 2.85. The maximum Gasteiger partial charge on any atom is 0.255 e. The smallest absolute Gasteiger partial charge is 0.255 e. The van der Waals surface area contributed by atoms with E-state index in [0.717, 1.165) is 36.4 Å². The fraction of sp³-hybridized carbons (Fsp3) is 0.286. The topological polar surface area (TPSA) is 61.4 Å². The summed E-state index contributed by atoms with van der Waals surface area (Å²) >= 11 is 0. The molecule has 33 heavy (non-hydrogen) atoms. The van der Waals surface area contributed by atoms with Crippen LogP contribution in [-0.4, -0.2) is 25.3 Å². The molecule has 0 heterocycles. The Morgan fingerprint density at radius 1 is 0.818 bits per heavy atom. The fourth-order valence-electron chi connectivity index (χ4n) is 3.60. The highest BCUT2D eigenvalue weighted by Crippen LogP contribution is 2.22. The third-order valence-electron chi connectivity index (χ3n) is 5.57. The molecule has 0 saturated heterocycles. The van der Waals surface area contributed by atoms with Crippen molar-refractivity contribution < 1.29 is 9.59 Å². The van der Waals surface area contributed by atoms with Crippen molar-refractivity contribution in [1.82, 2.24) is 0 Å². The van der Waals surface area contributed by atoms with Crippen LogP contribution in [0.4, 0.5) is 22.7 Å². The van der Waals surface area contributed by atoms with Gasteiger partial charge in [-0.25, -0.2) is 0 Å². The summed E-state index contributed by atoms with van der Waals surface area (Å²) in [5.74, 6) is -0.156. The Kier molecular flexibility index (Phi) is 9.07. The van der Waals surface area contributed by atoms with Gasteiger partial charge in [0.1, 0.15) is 0 Å². The Bertz CT molecular complexity index is 1020. The number of amides is 1. The van der Waals surface area contributed by atoms with Crippen LogP contribution in [-0.2, 0) is 0 Å². The van der Waals surface area contributed by atoms with E-state index in [-0.39, 0.29) is 5.91 Å². The molecule has 5 heteroatoms. The first kappa shape index (κ1) is 24.1. The van der Waals surface area contributed by atoms with Gasteiger partial charge in [0.15, 0.2) is 6.29 Å². The molecule has 5 nitrogen and oxygen atoms in total. The van der Waals surface area contributed by atoms with Gasteiger partial charge in [-0.1, -0.05) is 38.8 Å². The molecule has 0 saturated carbocycles. The molecule has 0 radical (unpaired) electrons. The number of nitrogens with zero attached hydrogens (tertiary/aromatic N) is 1. The lowest BCUT2D eigenvalue weighted by Crippen LogP contribution is -2.25. The Balaban J connectivity index is 1.61. The second kappa shape index (κ2) is 12.4. The number of para-hydroxylation sites is 1. The number of unbranched alkanes of at least 4 members (excludes halogenated alkanes) is 2. The average molecular weight is 444 g/mol. The molecular formula is C28H33N3O2. The van der Waals surface area contributed by atoms with E-state index in [4.69, 9.17) is 0 Å². The lowest BCUT2D eigenvalue weighted by atomic mass is 10.1. The summed E-state index contributed by atoms with van der Waals surface area (Å²) in [4.78, 5) is 26.3. The first-order valence-electron chi connectivity index (χ1n) is 11.7. The third-order valence-corrected chi connectivity index (χ3v) is 5.57. The van der Waals surface area contributed by atoms with E-state index in [1.54, 1.807) is 18.2 Å². The Labute approximate surface area is 196 Å². The fourth-order valence-corrected chi connectivity index (χ4v) is 3.60. The summed E-state index contributed by atoms with van der Waals surface area (Å²) in [5.41, 5.74) is 4.67. The van der Waals surface area contributed by atoms with Crippen LogP contribution in [0.15, 0.2) is 72.8 Å². The molecule has 0 atom stereocenters. The van der Waals surface area contributed by atoms with Gasteiger partial charge in [-0.3, -0.25) is 9.59 Å². The van der Waals surface area contributed by atoms with Crippen molar-refractivity contribution in [3.05, 3.63) is 83.9 Å². The Morgan fingerprint density at radius 2 is 1.42 bits per heavy atom. The van der Waals surface area contributed by atoms with E-state index < -0.39 is 0 Å². The highest BCUT2D eigenvalue weighted by Gasteiger charge is 2.09. The summed E-state index contributed by atoms with van der Waals surface area (Å²) in [6.07, 6.45) is 5.52. The van der Waals surface area contributed by atoms with Gasteiger partial charge >= 0.3 is 0 Å². The van der Waals surface area contributed by atoms with Gasteiger partial charge in [-0.15, -0.1) is 0 Å². The van der Waals surface area contributed by atoms with E-state index in [9.17, 15) is 9.59 Å². The van der Waals surface area contributed by atoms with Gasteiger partial charge in [0.05, 0.1) is 0 Å². The predicted molar refractivity (Wildman–Crippen MR) is 138 cm³/mol. The van der Waals surface area contributed by atoms with E-state index in [2.05, 4.69) is 41.5 Å². The maximum absolute atomic E-state index is 12.7. The highest BCUT2D eigenvalue weighted by molar-refractivity contribution is 6.04. The van der Waals surface area contributed by atoms with Crippen molar-refractivity contribution in [2.45, 2.75) is 39.5 Å². The van der Waals surface area contributed by atoms with Crippen LogP contribution in [0.25, 0.3) is 0 Å². The molecule has 3 rings (SSSR count). The molecule has 1 amide bonds. The summed E-state index contributed by atoms with van der Waals surface area (Å²) < 4.78 is 0. The second-order valence-electron chi connectivity index (χ2n) is 8.10. The van der Waals surface area contributed by atoms with Crippen LogP contribution in [0.5, 0.6) is 0 Å². The summed E-state index contributed by atoms with van der Waals surface area (Å²) in [7, 11) is 0. The molecular weight excluding hydrogens is 410 g/mol. The van der Waals surface area contributed by atoms with Crippen LogP contribution in [0.3, 0.4) is 0 Å². The van der Waals surface area contributed by atoms with Crippen LogP contribution in [0.1, 0.15) is 60.2 Å². The summed E-state index contributed by atoms with van der Waals surface area (Å²) in [6, 6.07) is 22.6. The molecule has 0 aromatic heterocycles. The van der Waals surface area contributed by atoms with Crippen molar-refractivity contribution in [3.8, 4) is 0 Å². The zero-order valence-corrected chi connectivity index (χ0v) is 19.5. The molecule has 3 aromatic carbocycles. The molecule has 0 fully saturated rings. The zero-order valence-electron chi connectivity index (χ0n) is 19.5. The lowest BCUT2D eigenvalue weighted by Gasteiger charge is -2.25. The molecule has 0 aliphatic carbocycles. The minimum Gasteiger partial charge on any atom is -0.372 e. The monoisotopic (exact) mass is 443 g/mol. The Hall–Kier alpha value is -3.60. The SMILES string of the molecule is CCCCN(CCCC)c1ccc(NC(=O)c2ccc(Nc3ccccc3C=O)cc2)cc1. The number of nitrogens with one attached hydrogen (secondary N) is 2. The molecule has 0 aliphatic heterocycles. The minimum atomic E-state index is -0.156. The van der Waals surface area contributed by atoms with Gasteiger partial charge in [-0.2, -0.15) is 0 Å². The van der Waals surface area contributed by atoms with Crippen LogP contribution >= 0.6 is 0 Å². The number of carbonyl (C=O) groups excluding carboxylic acids is 2. The van der Waals surface area contributed by atoms with Crippen molar-refractivity contribution in [2.24, 2.45) is 0 Å². The first-order chi connectivity index (χ1) is 16.1. The molecule has 172 valence electrons. The van der Waals surface area contributed by atoms with E-state index in [0.29, 0.717) is 11.1 Å². The summed E-state index contributed by atoms with van der Waals surface area (Å²) in [5, 5.41) is 6.19. The number of rotatable bonds is 12. The van der Waals surface area contributed by atoms with Gasteiger partial charge in [0.2, 0.25) is 0 Å². The molecule has 2 N–H and O–H groups in total. The van der Waals surface area contributed by atoms with E-state index in [1.807, 2.05) is 42.5 Å². The molecule has 3 aromatic rings. The summed E-state index contributed by atoms with van der Waals surface area (Å²) in [6.45, 7) is 6.53. The quantitative estimate of drug-likeness (QED) is 0.299. The van der Waals surface area contributed by atoms with E-state index >= 15 is 0 Å². The van der Waals surface area contributed by atoms with Crippen LogP contribution < -0.4 is 15.5 Å². The van der Waals surface area contributed by atoms with Crippen molar-refractivity contribution in [3.63, 3.8) is 0 Å². The van der Waals surface area contributed by atoms with Crippen LogP contribution in [0.2, 0.25) is 0 Å². The highest BCUT2D eigenvalue weighted by atomic mass is 16.1. The van der Waals surface area contributed by atoms with Gasteiger partial charge in [0, 0.05) is 47.0 Å². The molecule has 0 bridgehead atoms. The van der Waals surface area contributed by atoms with Crippen LogP contribution in [0, 0.1) is 0 Å². The van der Waals surface area contributed by atoms with Gasteiger partial charge in [0.25, 0.3) is 5.91 Å². The number of hydrogen-bond acceptors (Lipinski definition) is 4. The number of benzene rings is 3. The minimum absolute atomic E-state index is 0.156. The number of aldehydes is 1. The second-order valence-corrected chi connectivity index (χ2v) is 8.10. The van der Waals surface area contributed by atoms with E-state index in [1.165, 1.54) is 31.4 Å². The maximum atomic E-state index is 12.7. The Morgan fingerprint density at radius 3 is 2.03 bits per heavy atom. The normalized spacial score (nSPS) is 10.5. The lowest BCUT2D eigenvalue weighted by molar-refractivity contribution is 0.102. The molecule has 0 unspecified atom stereocenters. The molecule has 0 aliphatic rings. The third kappa shape index (κ3) is 6.94. The largest absolute Gasteiger partial charge is 0.372 e. The number of anilines is 4. The molecule has 0 spiro atoms. The van der Waals surface area contributed by atoms with Gasteiger partial charge < -0.3 is 15.5 Å². The van der Waals surface area contributed by atoms with Gasteiger partial charge in [-0.05, 0) is 73.5 Å².